The first-order valence-electron chi connectivity index (χ1n) is 4.70. The molecule has 0 saturated carbocycles. The maximum atomic E-state index is 11.3. The van der Waals surface area contributed by atoms with Gasteiger partial charge < -0.3 is 10.4 Å². The molecule has 0 radical (unpaired) electrons. The van der Waals surface area contributed by atoms with Crippen molar-refractivity contribution in [2.24, 2.45) is 0 Å². The molecule has 0 atom stereocenters. The highest BCUT2D eigenvalue weighted by Crippen LogP contribution is 2.25. The molecule has 0 unspecified atom stereocenters. The molecule has 1 amide bonds. The second kappa shape index (κ2) is 4.82. The number of carbonyl (C=O) groups is 1. The number of halogens is 1. The van der Waals surface area contributed by atoms with E-state index in [0.717, 1.165) is 0 Å². The maximum Gasteiger partial charge on any atom is 0.271 e. The molecule has 0 fully saturated rings. The van der Waals surface area contributed by atoms with Gasteiger partial charge in [-0.05, 0) is 6.07 Å². The number of hydrogen-bond donors (Lipinski definition) is 2. The molecule has 0 bridgehead atoms. The van der Waals surface area contributed by atoms with E-state index in [0.29, 0.717) is 15.7 Å². The Hall–Kier alpha value is -1.44. The van der Waals surface area contributed by atoms with Gasteiger partial charge in [-0.2, -0.15) is 5.10 Å². The van der Waals surface area contributed by atoms with Crippen molar-refractivity contribution < 1.29 is 9.90 Å². The van der Waals surface area contributed by atoms with E-state index in [1.807, 2.05) is 0 Å². The van der Waals surface area contributed by atoms with Crippen LogP contribution in [0.1, 0.15) is 15.4 Å². The molecule has 2 N–H and O–H groups in total. The van der Waals surface area contributed by atoms with E-state index in [1.165, 1.54) is 23.1 Å². The molecule has 0 aliphatic carbocycles. The van der Waals surface area contributed by atoms with Crippen LogP contribution in [0.2, 0.25) is 5.15 Å². The molecule has 90 valence electrons. The van der Waals surface area contributed by atoms with Crippen LogP contribution in [0.5, 0.6) is 0 Å². The van der Waals surface area contributed by atoms with Crippen LogP contribution in [0.15, 0.2) is 12.3 Å². The van der Waals surface area contributed by atoms with E-state index in [2.05, 4.69) is 15.4 Å². The second-order valence-corrected chi connectivity index (χ2v) is 4.51. The number of amides is 1. The van der Waals surface area contributed by atoms with Gasteiger partial charge in [0, 0.05) is 13.2 Å². The third kappa shape index (κ3) is 2.31. The van der Waals surface area contributed by atoms with Gasteiger partial charge in [-0.1, -0.05) is 22.9 Å². The molecule has 17 heavy (non-hydrogen) atoms. The molecule has 2 aromatic rings. The minimum Gasteiger partial charge on any atom is -0.391 e. The Balaban J connectivity index is 2.33. The Morgan fingerprint density at radius 3 is 3.06 bits per heavy atom. The van der Waals surface area contributed by atoms with Gasteiger partial charge in [0.1, 0.15) is 5.15 Å². The second-order valence-electron chi connectivity index (χ2n) is 3.09. The summed E-state index contributed by atoms with van der Waals surface area (Å²) < 4.78 is 1.44. The minimum atomic E-state index is -0.270. The van der Waals surface area contributed by atoms with E-state index in [4.69, 9.17) is 16.7 Å². The van der Waals surface area contributed by atoms with E-state index >= 15 is 0 Å². The summed E-state index contributed by atoms with van der Waals surface area (Å²) in [7, 11) is 1.53. The van der Waals surface area contributed by atoms with Crippen molar-refractivity contribution >= 4 is 28.8 Å². The van der Waals surface area contributed by atoms with E-state index in [1.54, 1.807) is 12.3 Å². The fourth-order valence-corrected chi connectivity index (χ4v) is 2.25. The minimum absolute atomic E-state index is 0.167. The van der Waals surface area contributed by atoms with Crippen LogP contribution in [0.25, 0.3) is 5.13 Å². The summed E-state index contributed by atoms with van der Waals surface area (Å²) in [5, 5.41) is 16.3. The zero-order chi connectivity index (χ0) is 12.4. The lowest BCUT2D eigenvalue weighted by Gasteiger charge is -1.94. The SMILES string of the molecule is CNC(=O)c1ccn(-c2nc(Cl)c(CO)s2)n1. The first-order chi connectivity index (χ1) is 8.15. The van der Waals surface area contributed by atoms with Crippen molar-refractivity contribution in [3.8, 4) is 5.13 Å². The number of hydrogen-bond acceptors (Lipinski definition) is 5. The smallest absolute Gasteiger partial charge is 0.271 e. The summed E-state index contributed by atoms with van der Waals surface area (Å²) in [6.07, 6.45) is 1.61. The number of rotatable bonds is 3. The van der Waals surface area contributed by atoms with Gasteiger partial charge in [-0.25, -0.2) is 9.67 Å². The quantitative estimate of drug-likeness (QED) is 0.867. The van der Waals surface area contributed by atoms with Gasteiger partial charge in [-0.3, -0.25) is 4.79 Å². The number of thiazole rings is 1. The molecule has 0 aliphatic rings. The number of aliphatic hydroxyl groups is 1. The fraction of sp³-hybridized carbons (Fsp3) is 0.222. The first kappa shape index (κ1) is 12.0. The molecule has 0 saturated heterocycles. The fourth-order valence-electron chi connectivity index (χ4n) is 1.20. The lowest BCUT2D eigenvalue weighted by molar-refractivity contribution is 0.0957. The van der Waals surface area contributed by atoms with Crippen molar-refractivity contribution in [2.45, 2.75) is 6.61 Å². The maximum absolute atomic E-state index is 11.3. The topological polar surface area (TPSA) is 80.0 Å². The normalized spacial score (nSPS) is 10.5. The molecular formula is C9H9ClN4O2S. The van der Waals surface area contributed by atoms with Gasteiger partial charge in [0.05, 0.1) is 11.5 Å². The summed E-state index contributed by atoms with van der Waals surface area (Å²) >= 11 is 7.03. The average molecular weight is 273 g/mol. The van der Waals surface area contributed by atoms with Gasteiger partial charge in [0.15, 0.2) is 5.69 Å². The van der Waals surface area contributed by atoms with Crippen LogP contribution in [0.4, 0.5) is 0 Å². The predicted octanol–water partition coefficient (Wildman–Crippen LogP) is 0.834. The Bertz CT molecular complexity index is 551. The zero-order valence-corrected chi connectivity index (χ0v) is 10.4. The highest BCUT2D eigenvalue weighted by Gasteiger charge is 2.13. The molecule has 6 nitrogen and oxygen atoms in total. The molecule has 2 heterocycles. The van der Waals surface area contributed by atoms with Crippen LogP contribution < -0.4 is 5.32 Å². The molecule has 2 rings (SSSR count). The van der Waals surface area contributed by atoms with Crippen LogP contribution in [0, 0.1) is 0 Å². The van der Waals surface area contributed by atoms with E-state index in [9.17, 15) is 4.79 Å². The number of aromatic nitrogens is 3. The van der Waals surface area contributed by atoms with Crippen molar-refractivity contribution in [1.82, 2.24) is 20.1 Å². The predicted molar refractivity (Wildman–Crippen MR) is 63.6 cm³/mol. The first-order valence-corrected chi connectivity index (χ1v) is 5.89. The van der Waals surface area contributed by atoms with Crippen LogP contribution in [-0.2, 0) is 6.61 Å². The third-order valence-corrected chi connectivity index (χ3v) is 3.48. The number of carbonyl (C=O) groups excluding carboxylic acids is 1. The van der Waals surface area contributed by atoms with Crippen LogP contribution in [-0.4, -0.2) is 32.8 Å². The molecule has 0 spiro atoms. The summed E-state index contributed by atoms with van der Waals surface area (Å²) in [4.78, 5) is 15.9. The lowest BCUT2D eigenvalue weighted by Crippen LogP contribution is -2.18. The lowest BCUT2D eigenvalue weighted by atomic mass is 10.4. The number of nitrogens with one attached hydrogen (secondary N) is 1. The molecular weight excluding hydrogens is 264 g/mol. The Morgan fingerprint density at radius 1 is 1.71 bits per heavy atom. The van der Waals surface area contributed by atoms with Gasteiger partial charge >= 0.3 is 0 Å². The highest BCUT2D eigenvalue weighted by atomic mass is 35.5. The molecule has 8 heteroatoms. The summed E-state index contributed by atoms with van der Waals surface area (Å²) in [6, 6.07) is 1.58. The summed E-state index contributed by atoms with van der Waals surface area (Å²) in [6.45, 7) is -0.167. The third-order valence-electron chi connectivity index (χ3n) is 2.03. The number of aliphatic hydroxyl groups excluding tert-OH is 1. The van der Waals surface area contributed by atoms with Gasteiger partial charge in [-0.15, -0.1) is 0 Å². The zero-order valence-electron chi connectivity index (χ0n) is 8.85. The monoisotopic (exact) mass is 272 g/mol. The average Bonchev–Trinajstić information content (AvgIpc) is 2.94. The summed E-state index contributed by atoms with van der Waals surface area (Å²) in [5.74, 6) is -0.270. The van der Waals surface area contributed by atoms with Crippen molar-refractivity contribution in [2.75, 3.05) is 7.05 Å². The van der Waals surface area contributed by atoms with Crippen LogP contribution in [0.3, 0.4) is 0 Å². The Labute approximate surface area is 106 Å². The van der Waals surface area contributed by atoms with Crippen molar-refractivity contribution in [3.05, 3.63) is 28.0 Å². The molecule has 2 aromatic heterocycles. The molecule has 0 aliphatic heterocycles. The van der Waals surface area contributed by atoms with Gasteiger partial charge in [0.2, 0.25) is 5.13 Å². The summed E-state index contributed by atoms with van der Waals surface area (Å²) in [5.41, 5.74) is 0.296. The number of nitrogens with zero attached hydrogens (tertiary/aromatic N) is 3. The highest BCUT2D eigenvalue weighted by molar-refractivity contribution is 7.14. The largest absolute Gasteiger partial charge is 0.391 e. The Kier molecular flexibility index (Phi) is 3.41. The van der Waals surface area contributed by atoms with Gasteiger partial charge in [0.25, 0.3) is 5.91 Å². The molecule has 0 aromatic carbocycles. The Morgan fingerprint density at radius 2 is 2.47 bits per heavy atom. The van der Waals surface area contributed by atoms with Crippen molar-refractivity contribution in [1.29, 1.82) is 0 Å². The van der Waals surface area contributed by atoms with E-state index < -0.39 is 0 Å². The standard InChI is InChI=1S/C9H9ClN4O2S/c1-11-8(16)5-2-3-14(13-5)9-12-7(10)6(4-15)17-9/h2-3,15H,4H2,1H3,(H,11,16). The van der Waals surface area contributed by atoms with E-state index in [-0.39, 0.29) is 17.7 Å². The van der Waals surface area contributed by atoms with Crippen LogP contribution >= 0.6 is 22.9 Å². The van der Waals surface area contributed by atoms with Crippen molar-refractivity contribution in [3.63, 3.8) is 0 Å².